The molecule has 0 radical (unpaired) electrons. The van der Waals surface area contributed by atoms with Crippen LogP contribution >= 0.6 is 7.92 Å². The minimum absolute atomic E-state index is 0.192. The van der Waals surface area contributed by atoms with E-state index in [4.69, 9.17) is 9.73 Å². The molecule has 0 fully saturated rings. The highest BCUT2D eigenvalue weighted by Crippen LogP contribution is 2.42. The van der Waals surface area contributed by atoms with Crippen LogP contribution in [0, 0.1) is 5.92 Å². The molecule has 0 saturated carbocycles. The maximum absolute atomic E-state index is 6.21. The topological polar surface area (TPSA) is 21.6 Å². The molecule has 3 heteroatoms. The number of ether oxygens (including phenoxy) is 1. The number of rotatable bonds is 6. The Hall–Kier alpha value is -4.26. The van der Waals surface area contributed by atoms with Gasteiger partial charge in [0.25, 0.3) is 0 Å². The molecule has 41 heavy (non-hydrogen) atoms. The molecule has 0 unspecified atom stereocenters. The smallest absolute Gasteiger partial charge is 0.216 e. The summed E-state index contributed by atoms with van der Waals surface area (Å²) < 4.78 is 6.21. The molecule has 0 N–H and O–H groups in total. The third-order valence-electron chi connectivity index (χ3n) is 8.00. The lowest BCUT2D eigenvalue weighted by Gasteiger charge is -2.25. The maximum Gasteiger partial charge on any atom is 0.216 e. The normalized spacial score (nSPS) is 15.0. The lowest BCUT2D eigenvalue weighted by Crippen LogP contribution is -2.22. The van der Waals surface area contributed by atoms with Gasteiger partial charge >= 0.3 is 0 Å². The summed E-state index contributed by atoms with van der Waals surface area (Å²) in [6, 6.07) is 48.9. The third-order valence-corrected chi connectivity index (χ3v) is 10.5. The second kappa shape index (κ2) is 11.0. The van der Waals surface area contributed by atoms with E-state index in [1.165, 1.54) is 48.6 Å². The molecular weight excluding hydrogens is 517 g/mol. The van der Waals surface area contributed by atoms with Gasteiger partial charge in [-0.3, -0.25) is 0 Å². The van der Waals surface area contributed by atoms with Crippen molar-refractivity contribution in [1.29, 1.82) is 0 Å². The van der Waals surface area contributed by atoms with Crippen molar-refractivity contribution in [3.05, 3.63) is 139 Å². The Kier molecular flexibility index (Phi) is 6.87. The molecule has 200 valence electrons. The molecule has 6 aromatic carbocycles. The lowest BCUT2D eigenvalue weighted by molar-refractivity contribution is 0.292. The zero-order valence-corrected chi connectivity index (χ0v) is 24.3. The summed E-state index contributed by atoms with van der Waals surface area (Å²) in [7, 11) is -0.816. The summed E-state index contributed by atoms with van der Waals surface area (Å²) in [6.07, 6.45) is 0. The fourth-order valence-electron chi connectivity index (χ4n) is 5.84. The summed E-state index contributed by atoms with van der Waals surface area (Å²) in [4.78, 5) is 5.01. The van der Waals surface area contributed by atoms with Gasteiger partial charge in [0.05, 0.1) is 6.04 Å². The van der Waals surface area contributed by atoms with Crippen molar-refractivity contribution in [2.45, 2.75) is 19.9 Å². The summed E-state index contributed by atoms with van der Waals surface area (Å²) in [5.41, 5.74) is 3.56. The molecule has 1 aliphatic heterocycles. The van der Waals surface area contributed by atoms with Gasteiger partial charge in [-0.2, -0.15) is 0 Å². The Labute approximate surface area is 243 Å². The van der Waals surface area contributed by atoms with Gasteiger partial charge in [-0.05, 0) is 74.6 Å². The molecular formula is C38H32NOP. The third kappa shape index (κ3) is 4.83. The molecule has 2 nitrogen and oxygen atoms in total. The zero-order chi connectivity index (χ0) is 27.8. The van der Waals surface area contributed by atoms with E-state index < -0.39 is 7.92 Å². The molecule has 0 bridgehead atoms. The Morgan fingerprint density at radius 1 is 0.659 bits per heavy atom. The van der Waals surface area contributed by atoms with Crippen LogP contribution in [-0.4, -0.2) is 18.5 Å². The fraction of sp³-hybridized carbons (Fsp3) is 0.132. The van der Waals surface area contributed by atoms with Crippen LogP contribution in [0.1, 0.15) is 19.4 Å². The van der Waals surface area contributed by atoms with Gasteiger partial charge in [0.1, 0.15) is 6.61 Å². The summed E-state index contributed by atoms with van der Waals surface area (Å²) in [6.45, 7) is 5.07. The molecule has 0 saturated heterocycles. The van der Waals surface area contributed by atoms with Crippen molar-refractivity contribution in [2.24, 2.45) is 10.9 Å². The lowest BCUT2D eigenvalue weighted by atomic mass is 9.92. The van der Waals surface area contributed by atoms with Crippen molar-refractivity contribution >= 4 is 51.3 Å². The molecule has 0 amide bonds. The highest BCUT2D eigenvalue weighted by atomic mass is 31.1. The van der Waals surface area contributed by atoms with Crippen LogP contribution in [-0.2, 0) is 4.74 Å². The molecule has 0 aromatic heterocycles. The molecule has 0 aliphatic carbocycles. The van der Waals surface area contributed by atoms with Crippen molar-refractivity contribution in [2.75, 3.05) is 6.61 Å². The molecule has 1 atom stereocenters. The van der Waals surface area contributed by atoms with Crippen LogP contribution in [0.3, 0.4) is 0 Å². The van der Waals surface area contributed by atoms with E-state index >= 15 is 0 Å². The Balaban J connectivity index is 1.55. The number of fused-ring (bicyclic) bond motifs is 2. The monoisotopic (exact) mass is 549 g/mol. The Morgan fingerprint density at radius 3 is 1.93 bits per heavy atom. The van der Waals surface area contributed by atoms with E-state index in [2.05, 4.69) is 147 Å². The first-order valence-electron chi connectivity index (χ1n) is 14.3. The molecule has 6 aromatic rings. The van der Waals surface area contributed by atoms with Gasteiger partial charge < -0.3 is 4.74 Å². The van der Waals surface area contributed by atoms with Gasteiger partial charge in [0.2, 0.25) is 5.90 Å². The first-order valence-corrected chi connectivity index (χ1v) is 15.7. The maximum atomic E-state index is 6.21. The van der Waals surface area contributed by atoms with Crippen LogP contribution in [0.2, 0.25) is 0 Å². The standard InChI is InChI=1S/C38H32NOP/c1-26(2)35-25-40-38(39-35)29-23-28-14-10-11-19-32(28)34(24-29)37-33-20-12-9-13-27(33)21-22-36(37)41(30-15-5-3-6-16-30)31-17-7-4-8-18-31/h3-24,26,35H,25H2,1-2H3/t35-/m0/s1. The van der Waals surface area contributed by atoms with E-state index in [-0.39, 0.29) is 6.04 Å². The van der Waals surface area contributed by atoms with Gasteiger partial charge in [-0.25, -0.2) is 4.99 Å². The van der Waals surface area contributed by atoms with Crippen molar-refractivity contribution in [1.82, 2.24) is 0 Å². The molecule has 0 spiro atoms. The van der Waals surface area contributed by atoms with E-state index in [1.54, 1.807) is 0 Å². The quantitative estimate of drug-likeness (QED) is 0.192. The van der Waals surface area contributed by atoms with E-state index in [1.807, 2.05) is 0 Å². The van der Waals surface area contributed by atoms with E-state index in [9.17, 15) is 0 Å². The number of benzene rings is 6. The highest BCUT2D eigenvalue weighted by Gasteiger charge is 2.26. The minimum atomic E-state index is -0.816. The Bertz CT molecular complexity index is 1840. The number of nitrogens with zero attached hydrogens (tertiary/aromatic N) is 1. The van der Waals surface area contributed by atoms with Crippen LogP contribution < -0.4 is 15.9 Å². The van der Waals surface area contributed by atoms with Gasteiger partial charge in [-0.1, -0.05) is 135 Å². The van der Waals surface area contributed by atoms with Crippen LogP contribution in [0.4, 0.5) is 0 Å². The number of hydrogen-bond donors (Lipinski definition) is 0. The number of hydrogen-bond acceptors (Lipinski definition) is 2. The average molecular weight is 550 g/mol. The first-order chi connectivity index (χ1) is 20.2. The summed E-state index contributed by atoms with van der Waals surface area (Å²) in [5, 5.41) is 8.98. The minimum Gasteiger partial charge on any atom is -0.475 e. The van der Waals surface area contributed by atoms with Crippen LogP contribution in [0.15, 0.2) is 138 Å². The van der Waals surface area contributed by atoms with Crippen molar-refractivity contribution < 1.29 is 4.74 Å². The summed E-state index contributed by atoms with van der Waals surface area (Å²) in [5.74, 6) is 1.20. The largest absolute Gasteiger partial charge is 0.475 e. The Morgan fingerprint density at radius 2 is 1.27 bits per heavy atom. The van der Waals surface area contributed by atoms with Crippen LogP contribution in [0.5, 0.6) is 0 Å². The molecule has 1 aliphatic rings. The predicted molar refractivity (Wildman–Crippen MR) is 177 cm³/mol. The predicted octanol–water partition coefficient (Wildman–Crippen LogP) is 8.22. The molecule has 1 heterocycles. The highest BCUT2D eigenvalue weighted by molar-refractivity contribution is 7.80. The van der Waals surface area contributed by atoms with E-state index in [0.29, 0.717) is 12.5 Å². The second-order valence-corrected chi connectivity index (χ2v) is 13.2. The SMILES string of the molecule is CC(C)[C@@H]1COC(c2cc(-c3c(P(c4ccccc4)c4ccccc4)ccc4ccccc34)c3ccccc3c2)=N1. The van der Waals surface area contributed by atoms with Crippen LogP contribution in [0.25, 0.3) is 32.7 Å². The van der Waals surface area contributed by atoms with Gasteiger partial charge in [0, 0.05) is 5.56 Å². The molecule has 7 rings (SSSR count). The first kappa shape index (κ1) is 25.7. The average Bonchev–Trinajstić information content (AvgIpc) is 3.53. The van der Waals surface area contributed by atoms with Crippen molar-refractivity contribution in [3.63, 3.8) is 0 Å². The van der Waals surface area contributed by atoms with Gasteiger partial charge in [0.15, 0.2) is 0 Å². The van der Waals surface area contributed by atoms with Crippen molar-refractivity contribution in [3.8, 4) is 11.1 Å². The summed E-state index contributed by atoms with van der Waals surface area (Å²) >= 11 is 0. The van der Waals surface area contributed by atoms with Gasteiger partial charge in [-0.15, -0.1) is 0 Å². The zero-order valence-electron chi connectivity index (χ0n) is 23.4. The number of aliphatic imine (C=N–C) groups is 1. The second-order valence-electron chi connectivity index (χ2n) is 11.0. The fourth-order valence-corrected chi connectivity index (χ4v) is 8.32. The van der Waals surface area contributed by atoms with E-state index in [0.717, 1.165) is 11.5 Å².